The van der Waals surface area contributed by atoms with Gasteiger partial charge in [-0.2, -0.15) is 13.2 Å². The number of nitrogens with two attached hydrogens (primary N) is 1. The van der Waals surface area contributed by atoms with E-state index >= 15 is 0 Å². The molecule has 0 amide bonds. The van der Waals surface area contributed by atoms with Crippen molar-refractivity contribution in [3.63, 3.8) is 0 Å². The molecule has 2 rings (SSSR count). The number of anilines is 1. The number of halogens is 3. The maximum atomic E-state index is 12.4. The van der Waals surface area contributed by atoms with Crippen LogP contribution in [0, 0.1) is 0 Å². The van der Waals surface area contributed by atoms with E-state index in [0.717, 1.165) is 11.8 Å². The predicted molar refractivity (Wildman–Crippen MR) is 70.6 cm³/mol. The third-order valence-corrected chi connectivity index (χ3v) is 3.73. The van der Waals surface area contributed by atoms with Crippen LogP contribution in [0.3, 0.4) is 0 Å². The number of rotatable bonds is 4. The molecule has 0 spiro atoms. The largest absolute Gasteiger partial charge is 0.443 e. The first-order valence-electron chi connectivity index (χ1n) is 5.77. The zero-order chi connectivity index (χ0) is 14.8. The monoisotopic (exact) mass is 300 g/mol. The van der Waals surface area contributed by atoms with Crippen LogP contribution in [0.2, 0.25) is 0 Å². The van der Waals surface area contributed by atoms with E-state index < -0.39 is 11.2 Å². The van der Waals surface area contributed by atoms with Crippen LogP contribution in [0.4, 0.5) is 18.9 Å². The molecule has 0 fully saturated rings. The van der Waals surface area contributed by atoms with Gasteiger partial charge in [0.05, 0.1) is 4.88 Å². The highest BCUT2D eigenvalue weighted by atomic mass is 32.1. The van der Waals surface area contributed by atoms with Gasteiger partial charge in [-0.15, -0.1) is 11.3 Å². The molecular weight excluding hydrogens is 289 g/mol. The Balaban J connectivity index is 1.98. The maximum Gasteiger partial charge on any atom is 0.443 e. The van der Waals surface area contributed by atoms with Gasteiger partial charge in [-0.05, 0) is 24.1 Å². The van der Waals surface area contributed by atoms with Crippen molar-refractivity contribution >= 4 is 22.8 Å². The maximum absolute atomic E-state index is 12.4. The van der Waals surface area contributed by atoms with Gasteiger partial charge >= 0.3 is 6.18 Å². The van der Waals surface area contributed by atoms with Gasteiger partial charge in [0.1, 0.15) is 0 Å². The van der Waals surface area contributed by atoms with E-state index in [-0.39, 0.29) is 17.1 Å². The molecule has 0 aliphatic rings. The molecule has 0 aliphatic carbocycles. The fraction of sp³-hybridized carbons (Fsp3) is 0.231. The molecule has 1 aromatic heterocycles. The van der Waals surface area contributed by atoms with E-state index in [2.05, 4.69) is 4.98 Å². The average Bonchev–Trinajstić information content (AvgIpc) is 2.87. The zero-order valence-electron chi connectivity index (χ0n) is 10.3. The molecule has 20 heavy (non-hydrogen) atoms. The highest BCUT2D eigenvalue weighted by Crippen LogP contribution is 2.32. The number of nitrogen functional groups attached to an aromatic ring is 1. The number of benzene rings is 1. The van der Waals surface area contributed by atoms with E-state index in [1.165, 1.54) is 0 Å². The summed E-state index contributed by atoms with van der Waals surface area (Å²) in [4.78, 5) is 15.1. The third-order valence-electron chi connectivity index (χ3n) is 2.64. The van der Waals surface area contributed by atoms with Crippen LogP contribution >= 0.6 is 11.3 Å². The quantitative estimate of drug-likeness (QED) is 0.694. The number of aromatic nitrogens is 1. The summed E-state index contributed by atoms with van der Waals surface area (Å²) in [7, 11) is 0. The number of carbonyl (C=O) groups is 1. The Labute approximate surface area is 117 Å². The standard InChI is InChI=1S/C13H11F3N2OS/c14-13(15,16)12-18-7-11(20-12)10(19)6-3-8-1-4-9(17)5-2-8/h1-2,4-5,7H,3,6,17H2. The highest BCUT2D eigenvalue weighted by molar-refractivity contribution is 7.13. The molecule has 1 heterocycles. The van der Waals surface area contributed by atoms with Crippen molar-refractivity contribution in [3.8, 4) is 0 Å². The molecule has 2 N–H and O–H groups in total. The predicted octanol–water partition coefficient (Wildman–Crippen LogP) is 3.56. The Morgan fingerprint density at radius 1 is 1.25 bits per heavy atom. The van der Waals surface area contributed by atoms with Crippen molar-refractivity contribution in [1.29, 1.82) is 0 Å². The first-order valence-corrected chi connectivity index (χ1v) is 6.58. The number of nitrogens with zero attached hydrogens (tertiary/aromatic N) is 1. The molecule has 0 saturated carbocycles. The van der Waals surface area contributed by atoms with Gasteiger partial charge in [0, 0.05) is 18.3 Å². The lowest BCUT2D eigenvalue weighted by molar-refractivity contribution is -0.137. The fourth-order valence-electron chi connectivity index (χ4n) is 1.60. The van der Waals surface area contributed by atoms with Crippen molar-refractivity contribution in [2.24, 2.45) is 0 Å². The average molecular weight is 300 g/mol. The number of thiazole rings is 1. The molecule has 2 aromatic rings. The number of aryl methyl sites for hydroxylation is 1. The van der Waals surface area contributed by atoms with Gasteiger partial charge in [0.25, 0.3) is 0 Å². The fourth-order valence-corrected chi connectivity index (χ4v) is 2.35. The van der Waals surface area contributed by atoms with Crippen LogP contribution < -0.4 is 5.73 Å². The Hall–Kier alpha value is -1.89. The minimum Gasteiger partial charge on any atom is -0.399 e. The Morgan fingerprint density at radius 2 is 1.90 bits per heavy atom. The second kappa shape index (κ2) is 5.62. The van der Waals surface area contributed by atoms with Gasteiger partial charge in [-0.25, -0.2) is 4.98 Å². The van der Waals surface area contributed by atoms with Crippen LogP contribution in [0.15, 0.2) is 30.5 Å². The van der Waals surface area contributed by atoms with Crippen LogP contribution in [0.1, 0.15) is 26.7 Å². The molecule has 7 heteroatoms. The van der Waals surface area contributed by atoms with Crippen molar-refractivity contribution in [2.75, 3.05) is 5.73 Å². The summed E-state index contributed by atoms with van der Waals surface area (Å²) in [5, 5.41) is -0.992. The van der Waals surface area contributed by atoms with Crippen LogP contribution in [0.25, 0.3) is 0 Å². The number of Topliss-reactive ketones (excluding diaryl/α,β-unsaturated/α-hetero) is 1. The molecule has 106 valence electrons. The lowest BCUT2D eigenvalue weighted by Gasteiger charge is -2.01. The van der Waals surface area contributed by atoms with E-state index in [4.69, 9.17) is 5.73 Å². The molecule has 1 aromatic carbocycles. The number of alkyl halides is 3. The summed E-state index contributed by atoms with van der Waals surface area (Å²) in [5.41, 5.74) is 7.07. The summed E-state index contributed by atoms with van der Waals surface area (Å²) in [6, 6.07) is 7.01. The van der Waals surface area contributed by atoms with E-state index in [1.807, 2.05) is 0 Å². The summed E-state index contributed by atoms with van der Waals surface area (Å²) < 4.78 is 37.1. The SMILES string of the molecule is Nc1ccc(CCC(=O)c2cnc(C(F)(F)F)s2)cc1. The van der Waals surface area contributed by atoms with Gasteiger partial charge < -0.3 is 5.73 Å². The molecule has 0 saturated heterocycles. The van der Waals surface area contributed by atoms with E-state index in [0.29, 0.717) is 23.4 Å². The first-order chi connectivity index (χ1) is 9.36. The lowest BCUT2D eigenvalue weighted by atomic mass is 10.1. The van der Waals surface area contributed by atoms with Gasteiger partial charge in [0.15, 0.2) is 10.8 Å². The zero-order valence-corrected chi connectivity index (χ0v) is 11.1. The lowest BCUT2D eigenvalue weighted by Crippen LogP contribution is -2.03. The van der Waals surface area contributed by atoms with Crippen molar-refractivity contribution in [3.05, 3.63) is 45.9 Å². The highest BCUT2D eigenvalue weighted by Gasteiger charge is 2.35. The number of hydrogen-bond donors (Lipinski definition) is 1. The second-order valence-corrected chi connectivity index (χ2v) is 5.22. The molecule has 0 aliphatic heterocycles. The van der Waals surface area contributed by atoms with Crippen molar-refractivity contribution < 1.29 is 18.0 Å². The minimum absolute atomic E-state index is 0.0350. The summed E-state index contributed by atoms with van der Waals surface area (Å²) in [5.74, 6) is -0.338. The smallest absolute Gasteiger partial charge is 0.399 e. The second-order valence-electron chi connectivity index (χ2n) is 4.19. The summed E-state index contributed by atoms with van der Waals surface area (Å²) >= 11 is 0.380. The normalized spacial score (nSPS) is 11.6. The topological polar surface area (TPSA) is 56.0 Å². The Bertz CT molecular complexity index is 605. The van der Waals surface area contributed by atoms with Crippen molar-refractivity contribution in [2.45, 2.75) is 19.0 Å². The van der Waals surface area contributed by atoms with Gasteiger partial charge in [-0.3, -0.25) is 4.79 Å². The molecule has 3 nitrogen and oxygen atoms in total. The molecule has 0 bridgehead atoms. The van der Waals surface area contributed by atoms with E-state index in [1.54, 1.807) is 24.3 Å². The number of ketones is 1. The first kappa shape index (κ1) is 14.5. The minimum atomic E-state index is -4.50. The van der Waals surface area contributed by atoms with Crippen LogP contribution in [-0.2, 0) is 12.6 Å². The summed E-state index contributed by atoms with van der Waals surface area (Å²) in [6.07, 6.45) is -2.92. The van der Waals surface area contributed by atoms with Crippen LogP contribution in [0.5, 0.6) is 0 Å². The summed E-state index contributed by atoms with van der Waals surface area (Å²) in [6.45, 7) is 0. The molecule has 0 unspecified atom stereocenters. The Kier molecular flexibility index (Phi) is 4.08. The van der Waals surface area contributed by atoms with Crippen LogP contribution in [-0.4, -0.2) is 10.8 Å². The van der Waals surface area contributed by atoms with Gasteiger partial charge in [-0.1, -0.05) is 12.1 Å². The van der Waals surface area contributed by atoms with E-state index in [9.17, 15) is 18.0 Å². The van der Waals surface area contributed by atoms with Crippen molar-refractivity contribution in [1.82, 2.24) is 4.98 Å². The molecular formula is C13H11F3N2OS. The Morgan fingerprint density at radius 3 is 2.45 bits per heavy atom. The molecule has 0 radical (unpaired) electrons. The number of hydrogen-bond acceptors (Lipinski definition) is 4. The van der Waals surface area contributed by atoms with Gasteiger partial charge in [0.2, 0.25) is 0 Å². The number of carbonyl (C=O) groups excluding carboxylic acids is 1. The third kappa shape index (κ3) is 3.57. The molecule has 0 atom stereocenters.